The highest BCUT2D eigenvalue weighted by Gasteiger charge is 2.19. The van der Waals surface area contributed by atoms with Gasteiger partial charge in [-0.2, -0.15) is 0 Å². The zero-order valence-electron chi connectivity index (χ0n) is 26.3. The molecular formula is C40H24BBrN8. The number of hydrogen-bond donors (Lipinski definition) is 2. The average molecular weight is 707 g/mol. The Morgan fingerprint density at radius 1 is 0.440 bits per heavy atom. The summed E-state index contributed by atoms with van der Waals surface area (Å²) in [5, 5.41) is 0. The summed E-state index contributed by atoms with van der Waals surface area (Å²) in [5.74, 6) is 0. The van der Waals surface area contributed by atoms with Gasteiger partial charge in [0.2, 0.25) is 0 Å². The lowest BCUT2D eigenvalue weighted by molar-refractivity contribution is 1.28. The molecule has 9 rings (SSSR count). The lowest BCUT2D eigenvalue weighted by Crippen LogP contribution is -2.03. The molecule has 2 aliphatic rings. The Kier molecular flexibility index (Phi) is 7.36. The third-order valence-corrected chi connectivity index (χ3v) is 9.17. The van der Waals surface area contributed by atoms with E-state index in [1.807, 2.05) is 48.8 Å². The molecule has 2 N–H and O–H groups in total. The summed E-state index contributed by atoms with van der Waals surface area (Å²) >= 11 is 3.63. The molecule has 7 aromatic rings. The zero-order chi connectivity index (χ0) is 33.6. The van der Waals surface area contributed by atoms with Crippen molar-refractivity contribution in [2.75, 3.05) is 0 Å². The van der Waals surface area contributed by atoms with E-state index in [1.165, 1.54) is 0 Å². The number of aromatic nitrogens is 8. The van der Waals surface area contributed by atoms with Crippen molar-refractivity contribution in [1.82, 2.24) is 39.9 Å². The van der Waals surface area contributed by atoms with Crippen molar-refractivity contribution in [3.05, 3.63) is 137 Å². The van der Waals surface area contributed by atoms with Gasteiger partial charge in [-0.25, -0.2) is 9.97 Å². The maximum Gasteiger partial charge on any atom is 0.115 e. The molecule has 0 spiro atoms. The molecule has 0 aliphatic carbocycles. The third kappa shape index (κ3) is 5.36. The highest BCUT2D eigenvalue weighted by Crippen LogP contribution is 2.38. The van der Waals surface area contributed by atoms with E-state index in [4.69, 9.17) is 17.8 Å². The lowest BCUT2D eigenvalue weighted by atomic mass is 9.94. The first-order valence-corrected chi connectivity index (χ1v) is 16.7. The quantitative estimate of drug-likeness (QED) is 0.178. The maximum absolute atomic E-state index is 6.27. The minimum absolute atomic E-state index is 0.564. The molecule has 2 radical (unpaired) electrons. The number of halogens is 1. The summed E-state index contributed by atoms with van der Waals surface area (Å²) in [6.07, 6.45) is 22.5. The Morgan fingerprint density at radius 3 is 1.26 bits per heavy atom. The van der Waals surface area contributed by atoms with E-state index in [0.29, 0.717) is 5.46 Å². The van der Waals surface area contributed by atoms with Crippen molar-refractivity contribution < 1.29 is 0 Å². The standard InChI is InChI=1S/C40H24BBrN8/c41-27-17-25(19-45-21-27)39-33-5-1-29(47-33)37(23-9-13-43-14-10-23)31-3-7-35(49-31)40(26-18-28(42)22-46-20-26)36-8-4-32(50-36)38(24-11-15-44-16-12-24)30-2-6-34(39)48-30/h1-22,47,50H. The molecular weight excluding hydrogens is 683 g/mol. The summed E-state index contributed by atoms with van der Waals surface area (Å²) in [5.41, 5.74) is 14.7. The largest absolute Gasteiger partial charge is 0.354 e. The van der Waals surface area contributed by atoms with Gasteiger partial charge in [-0.3, -0.25) is 19.9 Å². The van der Waals surface area contributed by atoms with Gasteiger partial charge in [0.05, 0.1) is 22.8 Å². The summed E-state index contributed by atoms with van der Waals surface area (Å²) in [6, 6.07) is 20.3. The van der Waals surface area contributed by atoms with Crippen LogP contribution in [0.25, 0.3) is 90.9 Å². The number of aromatic amines is 2. The van der Waals surface area contributed by atoms with Gasteiger partial charge in [0.15, 0.2) is 0 Å². The van der Waals surface area contributed by atoms with Gasteiger partial charge >= 0.3 is 0 Å². The van der Waals surface area contributed by atoms with Gasteiger partial charge in [-0.15, -0.1) is 0 Å². The second kappa shape index (κ2) is 12.3. The van der Waals surface area contributed by atoms with Gasteiger partial charge in [0.1, 0.15) is 7.85 Å². The topological polar surface area (TPSA) is 109 Å². The molecule has 7 aromatic heterocycles. The van der Waals surface area contributed by atoms with Crippen molar-refractivity contribution in [3.63, 3.8) is 0 Å². The summed E-state index contributed by atoms with van der Waals surface area (Å²) in [6.45, 7) is 0. The highest BCUT2D eigenvalue weighted by molar-refractivity contribution is 9.10. The number of fused-ring (bicyclic) bond motifs is 8. The van der Waals surface area contributed by atoms with Crippen LogP contribution in [-0.4, -0.2) is 47.7 Å². The van der Waals surface area contributed by atoms with Crippen LogP contribution in [0.1, 0.15) is 22.8 Å². The first-order valence-electron chi connectivity index (χ1n) is 15.9. The Bertz CT molecular complexity index is 2490. The Balaban J connectivity index is 1.49. The molecule has 0 saturated carbocycles. The molecule has 0 amide bonds. The van der Waals surface area contributed by atoms with Crippen molar-refractivity contribution in [3.8, 4) is 44.5 Å². The first kappa shape index (κ1) is 29.9. The van der Waals surface area contributed by atoms with Crippen LogP contribution in [0, 0.1) is 0 Å². The van der Waals surface area contributed by atoms with Crippen LogP contribution in [0.2, 0.25) is 0 Å². The fourth-order valence-corrected chi connectivity index (χ4v) is 6.97. The monoisotopic (exact) mass is 706 g/mol. The van der Waals surface area contributed by atoms with Crippen LogP contribution in [-0.2, 0) is 0 Å². The Labute approximate surface area is 296 Å². The second-order valence-electron chi connectivity index (χ2n) is 11.9. The van der Waals surface area contributed by atoms with Crippen LogP contribution in [0.15, 0.2) is 115 Å². The van der Waals surface area contributed by atoms with E-state index in [0.717, 1.165) is 93.8 Å². The lowest BCUT2D eigenvalue weighted by Gasteiger charge is -2.07. The predicted molar refractivity (Wildman–Crippen MR) is 205 cm³/mol. The number of nitrogens with zero attached hydrogens (tertiary/aromatic N) is 6. The van der Waals surface area contributed by atoms with Gasteiger partial charge < -0.3 is 9.97 Å². The average Bonchev–Trinajstić information content (AvgIpc) is 3.97. The van der Waals surface area contributed by atoms with Crippen LogP contribution >= 0.6 is 15.9 Å². The molecule has 0 fully saturated rings. The summed E-state index contributed by atoms with van der Waals surface area (Å²) < 4.78 is 0.871. The molecule has 8 nitrogen and oxygen atoms in total. The van der Waals surface area contributed by atoms with E-state index in [2.05, 4.69) is 94.4 Å². The molecule has 0 saturated heterocycles. The third-order valence-electron chi connectivity index (χ3n) is 8.73. The van der Waals surface area contributed by atoms with E-state index in [1.54, 1.807) is 37.2 Å². The Morgan fingerprint density at radius 2 is 0.840 bits per heavy atom. The van der Waals surface area contributed by atoms with E-state index in [-0.39, 0.29) is 0 Å². The van der Waals surface area contributed by atoms with Crippen molar-refractivity contribution in [1.29, 1.82) is 0 Å². The molecule has 0 atom stereocenters. The number of H-pyrrole nitrogens is 2. The molecule has 9 heterocycles. The minimum atomic E-state index is 0.564. The molecule has 2 aliphatic heterocycles. The summed E-state index contributed by atoms with van der Waals surface area (Å²) in [7, 11) is 6.27. The number of pyridine rings is 4. The maximum atomic E-state index is 6.27. The molecule has 8 bridgehead atoms. The SMILES string of the molecule is [B]c1cncc(-c2c3nc(c(-c4ccncc4)c4ccc([nH]4)c(-c4cncc(Br)c4)c4nc(c(-c5ccncc5)c5ccc2[nH]5)C=C4)C=C3)c1. The number of hydrogen-bond acceptors (Lipinski definition) is 6. The highest BCUT2D eigenvalue weighted by atomic mass is 79.9. The van der Waals surface area contributed by atoms with E-state index >= 15 is 0 Å². The Hall–Kier alpha value is -6.26. The normalized spacial score (nSPS) is 12.0. The van der Waals surface area contributed by atoms with Crippen LogP contribution < -0.4 is 5.46 Å². The van der Waals surface area contributed by atoms with Crippen LogP contribution in [0.4, 0.5) is 0 Å². The van der Waals surface area contributed by atoms with Crippen molar-refractivity contribution >= 4 is 75.6 Å². The van der Waals surface area contributed by atoms with Gasteiger partial charge in [0.25, 0.3) is 0 Å². The van der Waals surface area contributed by atoms with E-state index in [9.17, 15) is 0 Å². The molecule has 0 unspecified atom stereocenters. The fraction of sp³-hybridized carbons (Fsp3) is 0. The van der Waals surface area contributed by atoms with Gasteiger partial charge in [0, 0.05) is 109 Å². The minimum Gasteiger partial charge on any atom is -0.354 e. The van der Waals surface area contributed by atoms with Crippen molar-refractivity contribution in [2.45, 2.75) is 0 Å². The first-order chi connectivity index (χ1) is 24.6. The zero-order valence-corrected chi connectivity index (χ0v) is 27.9. The number of rotatable bonds is 4. The smallest absolute Gasteiger partial charge is 0.115 e. The molecule has 0 aromatic carbocycles. The second-order valence-corrected chi connectivity index (χ2v) is 12.8. The fourth-order valence-electron chi connectivity index (χ4n) is 6.60. The van der Waals surface area contributed by atoms with Gasteiger partial charge in [-0.1, -0.05) is 11.5 Å². The molecule has 50 heavy (non-hydrogen) atoms. The molecule has 234 valence electrons. The van der Waals surface area contributed by atoms with Gasteiger partial charge in [-0.05, 0) is 106 Å². The number of nitrogens with one attached hydrogen (secondary N) is 2. The predicted octanol–water partition coefficient (Wildman–Crippen LogP) is 8.46. The van der Waals surface area contributed by atoms with Crippen LogP contribution in [0.3, 0.4) is 0 Å². The van der Waals surface area contributed by atoms with Crippen molar-refractivity contribution in [2.24, 2.45) is 0 Å². The summed E-state index contributed by atoms with van der Waals surface area (Å²) in [4.78, 5) is 35.5. The van der Waals surface area contributed by atoms with Crippen LogP contribution in [0.5, 0.6) is 0 Å². The molecule has 10 heteroatoms. The van der Waals surface area contributed by atoms with E-state index < -0.39 is 0 Å².